The van der Waals surface area contributed by atoms with Crippen molar-refractivity contribution >= 4 is 23.5 Å². The number of nitrogens with zero attached hydrogens (tertiary/aromatic N) is 2. The number of ether oxygens (including phenoxy) is 3. The monoisotopic (exact) mass is 447 g/mol. The molecule has 11 heteroatoms. The number of halogens is 2. The number of nitrogens with one attached hydrogen (secondary N) is 1. The second kappa shape index (κ2) is 6.94. The molecule has 1 amide bonds. The summed E-state index contributed by atoms with van der Waals surface area (Å²) < 4.78 is 41.3. The second-order valence-electron chi connectivity index (χ2n) is 8.19. The molecule has 168 valence electrons. The summed E-state index contributed by atoms with van der Waals surface area (Å²) in [5.41, 5.74) is -0.777. The van der Waals surface area contributed by atoms with E-state index in [0.717, 1.165) is 0 Å². The minimum Gasteiger partial charge on any atom is -0.492 e. The number of hydrogen-bond donors (Lipinski definition) is 2. The molecular weight excluding hydrogens is 428 g/mol. The highest BCUT2D eigenvalue weighted by molar-refractivity contribution is 5.99. The molecule has 0 saturated carbocycles. The molecule has 3 aliphatic heterocycles. The largest absolute Gasteiger partial charge is 0.586 e. The number of amides is 1. The van der Waals surface area contributed by atoms with Crippen LogP contribution in [0.2, 0.25) is 0 Å². The molecule has 3 aliphatic rings. The van der Waals surface area contributed by atoms with Gasteiger partial charge in [-0.25, -0.2) is 4.98 Å². The summed E-state index contributed by atoms with van der Waals surface area (Å²) in [5, 5.41) is 11.9. The third kappa shape index (κ3) is 3.33. The minimum absolute atomic E-state index is 0.000436. The van der Waals surface area contributed by atoms with Crippen molar-refractivity contribution in [2.24, 2.45) is 5.92 Å². The van der Waals surface area contributed by atoms with Crippen LogP contribution in [0.4, 0.5) is 20.4 Å². The van der Waals surface area contributed by atoms with E-state index < -0.39 is 29.5 Å². The van der Waals surface area contributed by atoms with Crippen LogP contribution in [0.1, 0.15) is 18.9 Å². The fourth-order valence-corrected chi connectivity index (χ4v) is 4.11. The molecule has 2 aromatic rings. The standard InChI is InChI=1S/C21H19F2N3O6/c1-20(10-30-13-8-15-14(7-12(13)20)31-21(22,23)32-15)19(29)25-16-3-2-4-17(24-16)26-6-5-11(9-26)18(27)28/h2-4,7-8,11H,5-6,9-10H2,1H3,(H,27,28)(H,24,25,29)/t11?,20-/m0/s1. The van der Waals surface area contributed by atoms with Crippen LogP contribution in [-0.2, 0) is 15.0 Å². The maximum absolute atomic E-state index is 13.4. The van der Waals surface area contributed by atoms with Crippen LogP contribution in [-0.4, -0.2) is 48.0 Å². The number of hydrogen-bond acceptors (Lipinski definition) is 7. The summed E-state index contributed by atoms with van der Waals surface area (Å²) in [5.74, 6) is -0.945. The van der Waals surface area contributed by atoms with E-state index in [2.05, 4.69) is 19.8 Å². The maximum Gasteiger partial charge on any atom is 0.586 e. The second-order valence-corrected chi connectivity index (χ2v) is 8.19. The van der Waals surface area contributed by atoms with Crippen molar-refractivity contribution in [3.63, 3.8) is 0 Å². The first-order valence-electron chi connectivity index (χ1n) is 9.98. The normalized spacial score (nSPS) is 24.7. The lowest BCUT2D eigenvalue weighted by Crippen LogP contribution is -2.39. The van der Waals surface area contributed by atoms with Crippen LogP contribution in [0.15, 0.2) is 30.3 Å². The number of carboxylic acid groups (broad SMARTS) is 1. The van der Waals surface area contributed by atoms with Gasteiger partial charge in [0.15, 0.2) is 11.5 Å². The predicted molar refractivity (Wildman–Crippen MR) is 106 cm³/mol. The molecule has 2 N–H and O–H groups in total. The van der Waals surface area contributed by atoms with Gasteiger partial charge in [0.1, 0.15) is 29.4 Å². The van der Waals surface area contributed by atoms with Crippen LogP contribution in [0.25, 0.3) is 0 Å². The summed E-state index contributed by atoms with van der Waals surface area (Å²) in [6.45, 7) is 2.53. The molecule has 5 rings (SSSR count). The van der Waals surface area contributed by atoms with Crippen LogP contribution in [0.3, 0.4) is 0 Å². The summed E-state index contributed by atoms with van der Waals surface area (Å²) >= 11 is 0. The van der Waals surface area contributed by atoms with E-state index in [1.807, 2.05) is 4.90 Å². The lowest BCUT2D eigenvalue weighted by atomic mass is 9.83. The zero-order valence-electron chi connectivity index (χ0n) is 16.9. The van der Waals surface area contributed by atoms with E-state index in [1.54, 1.807) is 25.1 Å². The number of carbonyl (C=O) groups excluding carboxylic acids is 1. The third-order valence-corrected chi connectivity index (χ3v) is 5.95. The zero-order chi connectivity index (χ0) is 22.7. The first-order valence-corrected chi connectivity index (χ1v) is 9.98. The van der Waals surface area contributed by atoms with Gasteiger partial charge in [-0.15, -0.1) is 8.78 Å². The Kier molecular flexibility index (Phi) is 4.40. The third-order valence-electron chi connectivity index (χ3n) is 5.95. The number of alkyl halides is 2. The molecule has 1 aromatic carbocycles. The number of aliphatic carboxylic acids is 1. The quantitative estimate of drug-likeness (QED) is 0.736. The zero-order valence-corrected chi connectivity index (χ0v) is 16.9. The molecule has 1 fully saturated rings. The number of benzene rings is 1. The van der Waals surface area contributed by atoms with E-state index in [0.29, 0.717) is 30.9 Å². The van der Waals surface area contributed by atoms with E-state index >= 15 is 0 Å². The number of anilines is 2. The number of carboxylic acids is 1. The Labute approximate surface area is 180 Å². The highest BCUT2D eigenvalue weighted by atomic mass is 19.3. The Hall–Kier alpha value is -3.63. The molecule has 4 heterocycles. The minimum atomic E-state index is -3.77. The van der Waals surface area contributed by atoms with Crippen LogP contribution >= 0.6 is 0 Å². The molecule has 32 heavy (non-hydrogen) atoms. The Morgan fingerprint density at radius 3 is 2.69 bits per heavy atom. The first-order chi connectivity index (χ1) is 15.1. The Morgan fingerprint density at radius 1 is 1.22 bits per heavy atom. The lowest BCUT2D eigenvalue weighted by molar-refractivity contribution is -0.286. The summed E-state index contributed by atoms with van der Waals surface area (Å²) in [4.78, 5) is 30.7. The van der Waals surface area contributed by atoms with E-state index in [4.69, 9.17) is 4.74 Å². The van der Waals surface area contributed by atoms with Gasteiger partial charge >= 0.3 is 12.3 Å². The molecule has 9 nitrogen and oxygen atoms in total. The SMILES string of the molecule is C[C@]1(C(=O)Nc2cccc(N3CCC(C(=O)O)C3)n2)COc2cc3c(cc21)OC(F)(F)O3. The number of fused-ring (bicyclic) bond motifs is 2. The molecule has 1 aromatic heterocycles. The van der Waals surface area contributed by atoms with Crippen molar-refractivity contribution < 1.29 is 37.7 Å². The molecule has 0 aliphatic carbocycles. The Morgan fingerprint density at radius 2 is 1.97 bits per heavy atom. The van der Waals surface area contributed by atoms with Gasteiger partial charge in [0, 0.05) is 24.7 Å². The van der Waals surface area contributed by atoms with Gasteiger partial charge in [-0.1, -0.05) is 6.07 Å². The van der Waals surface area contributed by atoms with Gasteiger partial charge in [0.05, 0.1) is 5.92 Å². The molecule has 0 spiro atoms. The fourth-order valence-electron chi connectivity index (χ4n) is 4.11. The van der Waals surface area contributed by atoms with Crippen LogP contribution < -0.4 is 24.4 Å². The average molecular weight is 447 g/mol. The molecule has 1 unspecified atom stereocenters. The Balaban J connectivity index is 1.35. The van der Waals surface area contributed by atoms with Gasteiger partial charge in [-0.05, 0) is 31.5 Å². The van der Waals surface area contributed by atoms with Gasteiger partial charge in [-0.2, -0.15) is 0 Å². The highest BCUT2D eigenvalue weighted by Crippen LogP contribution is 2.50. The van der Waals surface area contributed by atoms with E-state index in [1.165, 1.54) is 12.1 Å². The smallest absolute Gasteiger partial charge is 0.492 e. The fraction of sp³-hybridized carbons (Fsp3) is 0.381. The van der Waals surface area contributed by atoms with Crippen molar-refractivity contribution in [3.8, 4) is 17.2 Å². The highest BCUT2D eigenvalue weighted by Gasteiger charge is 2.49. The summed E-state index contributed by atoms with van der Waals surface area (Å²) in [6, 6.07) is 7.70. The van der Waals surface area contributed by atoms with Crippen LogP contribution in [0, 0.1) is 5.92 Å². The van der Waals surface area contributed by atoms with Crippen molar-refractivity contribution in [2.45, 2.75) is 25.1 Å². The van der Waals surface area contributed by atoms with Gasteiger partial charge in [-0.3, -0.25) is 9.59 Å². The summed E-state index contributed by atoms with van der Waals surface area (Å²) in [6.07, 6.45) is -3.25. The number of aromatic nitrogens is 1. The van der Waals surface area contributed by atoms with Gasteiger partial charge < -0.3 is 29.5 Å². The first kappa shape index (κ1) is 20.3. The van der Waals surface area contributed by atoms with Crippen molar-refractivity contribution in [1.82, 2.24) is 4.98 Å². The molecular formula is C21H19F2N3O6. The topological polar surface area (TPSA) is 110 Å². The maximum atomic E-state index is 13.4. The van der Waals surface area contributed by atoms with Gasteiger partial charge in [0.25, 0.3) is 0 Å². The number of carbonyl (C=O) groups is 2. The molecule has 1 saturated heterocycles. The Bertz CT molecular complexity index is 1130. The van der Waals surface area contributed by atoms with Crippen molar-refractivity contribution in [3.05, 3.63) is 35.9 Å². The van der Waals surface area contributed by atoms with Crippen LogP contribution in [0.5, 0.6) is 17.2 Å². The number of rotatable bonds is 4. The molecule has 0 radical (unpaired) electrons. The number of pyridine rings is 1. The van der Waals surface area contributed by atoms with Crippen molar-refractivity contribution in [1.29, 1.82) is 0 Å². The van der Waals surface area contributed by atoms with E-state index in [-0.39, 0.29) is 29.7 Å². The lowest BCUT2D eigenvalue weighted by Gasteiger charge is -2.22. The molecule has 0 bridgehead atoms. The predicted octanol–water partition coefficient (Wildman–Crippen LogP) is 2.60. The summed E-state index contributed by atoms with van der Waals surface area (Å²) in [7, 11) is 0. The van der Waals surface area contributed by atoms with E-state index in [9.17, 15) is 23.5 Å². The molecule has 2 atom stereocenters. The average Bonchev–Trinajstić information content (AvgIpc) is 3.42. The van der Waals surface area contributed by atoms with Crippen molar-refractivity contribution in [2.75, 3.05) is 29.9 Å². The van der Waals surface area contributed by atoms with Gasteiger partial charge in [0.2, 0.25) is 5.91 Å².